The largest absolute Gasteiger partial charge is 0.467 e. The molecule has 26 heavy (non-hydrogen) atoms. The first-order valence-corrected chi connectivity index (χ1v) is 8.98. The van der Waals surface area contributed by atoms with Gasteiger partial charge in [0.25, 0.3) is 0 Å². The fourth-order valence-corrected chi connectivity index (χ4v) is 3.86. The minimum Gasteiger partial charge on any atom is -0.467 e. The van der Waals surface area contributed by atoms with Gasteiger partial charge in [-0.3, -0.25) is 4.90 Å². The molecule has 7 heteroatoms. The Bertz CT molecular complexity index is 899. The molecular formula is C19H17BrN2O4. The molecule has 4 rings (SSSR count). The van der Waals surface area contributed by atoms with Crippen LogP contribution in [0.15, 0.2) is 46.9 Å². The number of nitrogens with zero attached hydrogens (tertiary/aromatic N) is 1. The molecular weight excluding hydrogens is 400 g/mol. The van der Waals surface area contributed by atoms with E-state index in [2.05, 4.69) is 21.2 Å². The summed E-state index contributed by atoms with van der Waals surface area (Å²) in [6.07, 6.45) is 0.562. The van der Waals surface area contributed by atoms with Gasteiger partial charge in [-0.05, 0) is 49.4 Å². The van der Waals surface area contributed by atoms with Gasteiger partial charge in [0, 0.05) is 22.1 Å². The van der Waals surface area contributed by atoms with Gasteiger partial charge in [0.2, 0.25) is 0 Å². The van der Waals surface area contributed by atoms with Gasteiger partial charge in [0.05, 0.1) is 18.7 Å². The number of benzene rings is 2. The smallest absolute Gasteiger partial charge is 0.337 e. The highest BCUT2D eigenvalue weighted by Crippen LogP contribution is 2.45. The van der Waals surface area contributed by atoms with Crippen LogP contribution in [0.4, 0.5) is 10.5 Å². The molecule has 0 spiro atoms. The quantitative estimate of drug-likeness (QED) is 0.751. The minimum absolute atomic E-state index is 0.229. The highest BCUT2D eigenvalue weighted by atomic mass is 79.9. The van der Waals surface area contributed by atoms with Crippen molar-refractivity contribution in [2.75, 3.05) is 12.0 Å². The maximum Gasteiger partial charge on any atom is 0.337 e. The average molecular weight is 417 g/mol. The number of halogens is 1. The van der Waals surface area contributed by atoms with Gasteiger partial charge in [-0.15, -0.1) is 0 Å². The first-order valence-electron chi connectivity index (χ1n) is 8.19. The second kappa shape index (κ2) is 6.02. The summed E-state index contributed by atoms with van der Waals surface area (Å²) in [5.74, 6) is 0.235. The average Bonchev–Trinajstić information content (AvgIpc) is 2.61. The van der Waals surface area contributed by atoms with Crippen molar-refractivity contribution in [2.45, 2.75) is 25.1 Å². The molecule has 6 nitrogen and oxygen atoms in total. The third kappa shape index (κ3) is 2.63. The molecule has 134 valence electrons. The van der Waals surface area contributed by atoms with Crippen LogP contribution in [0.2, 0.25) is 0 Å². The molecule has 2 amide bonds. The van der Waals surface area contributed by atoms with Crippen molar-refractivity contribution in [1.29, 1.82) is 0 Å². The zero-order valence-corrected chi connectivity index (χ0v) is 15.9. The number of amides is 2. The fourth-order valence-electron chi connectivity index (χ4n) is 3.60. The number of carbonyl (C=O) groups excluding carboxylic acids is 2. The summed E-state index contributed by atoms with van der Waals surface area (Å²) in [5, 5.41) is 3.02. The van der Waals surface area contributed by atoms with E-state index < -0.39 is 11.7 Å². The van der Waals surface area contributed by atoms with Gasteiger partial charge in [0.15, 0.2) is 5.72 Å². The van der Waals surface area contributed by atoms with Crippen LogP contribution in [0.25, 0.3) is 0 Å². The Kier molecular flexibility index (Phi) is 3.91. The summed E-state index contributed by atoms with van der Waals surface area (Å²) < 4.78 is 11.9. The Morgan fingerprint density at radius 2 is 2.04 bits per heavy atom. The van der Waals surface area contributed by atoms with E-state index in [9.17, 15) is 9.59 Å². The van der Waals surface area contributed by atoms with Crippen LogP contribution in [-0.2, 0) is 4.74 Å². The van der Waals surface area contributed by atoms with E-state index in [-0.39, 0.29) is 12.1 Å². The van der Waals surface area contributed by atoms with Crippen LogP contribution in [0.1, 0.15) is 35.3 Å². The molecule has 1 N–H and O–H groups in total. The van der Waals surface area contributed by atoms with Gasteiger partial charge < -0.3 is 14.8 Å². The zero-order valence-electron chi connectivity index (χ0n) is 14.3. The number of nitrogens with one attached hydrogen (secondary N) is 1. The van der Waals surface area contributed by atoms with Gasteiger partial charge >= 0.3 is 12.0 Å². The standard InChI is InChI=1S/C19H17BrN2O4/c1-19-10-15(14-9-11(17(23)25-2)3-8-16(14)26-19)21-18(24)22(19)13-6-4-12(20)5-7-13/h3-9,15H,10H2,1-2H3,(H,21,24)/t15-,19+/m1/s1. The fraction of sp³-hybridized carbons (Fsp3) is 0.263. The van der Waals surface area contributed by atoms with Crippen LogP contribution in [-0.4, -0.2) is 24.8 Å². The minimum atomic E-state index is -0.819. The van der Waals surface area contributed by atoms with Crippen LogP contribution < -0.4 is 15.0 Å². The summed E-state index contributed by atoms with van der Waals surface area (Å²) in [4.78, 5) is 26.2. The number of urea groups is 1. The lowest BCUT2D eigenvalue weighted by atomic mass is 9.89. The summed E-state index contributed by atoms with van der Waals surface area (Å²) in [6, 6.07) is 12.2. The third-order valence-corrected chi connectivity index (χ3v) is 5.31. The van der Waals surface area contributed by atoms with Crippen molar-refractivity contribution in [3.63, 3.8) is 0 Å². The molecule has 0 aromatic heterocycles. The maximum absolute atomic E-state index is 12.8. The molecule has 2 atom stereocenters. The van der Waals surface area contributed by atoms with Crippen LogP contribution >= 0.6 is 15.9 Å². The molecule has 1 fully saturated rings. The highest BCUT2D eigenvalue weighted by Gasteiger charge is 2.49. The molecule has 0 unspecified atom stereocenters. The van der Waals surface area contributed by atoms with Gasteiger partial charge in [0.1, 0.15) is 5.75 Å². The molecule has 2 aliphatic heterocycles. The van der Waals surface area contributed by atoms with Crippen molar-refractivity contribution >= 4 is 33.6 Å². The third-order valence-electron chi connectivity index (χ3n) is 4.78. The molecule has 2 aliphatic rings. The molecule has 1 saturated heterocycles. The van der Waals surface area contributed by atoms with Crippen molar-refractivity contribution in [3.8, 4) is 5.75 Å². The van der Waals surface area contributed by atoms with E-state index in [1.54, 1.807) is 23.1 Å². The zero-order chi connectivity index (χ0) is 18.5. The van der Waals surface area contributed by atoms with Crippen molar-refractivity contribution < 1.29 is 19.1 Å². The second-order valence-corrected chi connectivity index (χ2v) is 7.45. The molecule has 2 heterocycles. The lowest BCUT2D eigenvalue weighted by molar-refractivity contribution is 0.0377. The number of hydrogen-bond acceptors (Lipinski definition) is 4. The normalized spacial score (nSPS) is 23.6. The first-order chi connectivity index (χ1) is 12.4. The van der Waals surface area contributed by atoms with Crippen LogP contribution in [0.3, 0.4) is 0 Å². The molecule has 2 bridgehead atoms. The maximum atomic E-state index is 12.8. The predicted octanol–water partition coefficient (Wildman–Crippen LogP) is 4.01. The second-order valence-electron chi connectivity index (χ2n) is 6.54. The lowest BCUT2D eigenvalue weighted by Gasteiger charge is -2.50. The number of anilines is 1. The summed E-state index contributed by atoms with van der Waals surface area (Å²) in [5.41, 5.74) is 1.15. The van der Waals surface area contributed by atoms with E-state index >= 15 is 0 Å². The van der Waals surface area contributed by atoms with E-state index in [0.717, 1.165) is 15.7 Å². The summed E-state index contributed by atoms with van der Waals surface area (Å²) >= 11 is 3.41. The number of fused-ring (bicyclic) bond motifs is 4. The topological polar surface area (TPSA) is 67.9 Å². The van der Waals surface area contributed by atoms with Crippen molar-refractivity contribution in [1.82, 2.24) is 5.32 Å². The highest BCUT2D eigenvalue weighted by molar-refractivity contribution is 9.10. The Labute approximate surface area is 159 Å². The lowest BCUT2D eigenvalue weighted by Crippen LogP contribution is -2.65. The predicted molar refractivity (Wildman–Crippen MR) is 99.3 cm³/mol. The van der Waals surface area contributed by atoms with Crippen molar-refractivity contribution in [2.24, 2.45) is 0 Å². The Morgan fingerprint density at radius 3 is 2.73 bits per heavy atom. The summed E-state index contributed by atoms with van der Waals surface area (Å²) in [7, 11) is 1.34. The number of carbonyl (C=O) groups is 2. The van der Waals surface area contributed by atoms with E-state index in [4.69, 9.17) is 9.47 Å². The first kappa shape index (κ1) is 16.9. The molecule has 0 radical (unpaired) electrons. The number of rotatable bonds is 2. The molecule has 0 aliphatic carbocycles. The monoisotopic (exact) mass is 416 g/mol. The van der Waals surface area contributed by atoms with Crippen LogP contribution in [0, 0.1) is 0 Å². The number of methoxy groups -OCH3 is 1. The Hall–Kier alpha value is -2.54. The van der Waals surface area contributed by atoms with E-state index in [1.807, 2.05) is 31.2 Å². The van der Waals surface area contributed by atoms with E-state index in [1.165, 1.54) is 7.11 Å². The number of ether oxygens (including phenoxy) is 2. The van der Waals surface area contributed by atoms with Crippen molar-refractivity contribution in [3.05, 3.63) is 58.1 Å². The van der Waals surface area contributed by atoms with Gasteiger partial charge in [-0.25, -0.2) is 9.59 Å². The van der Waals surface area contributed by atoms with E-state index in [0.29, 0.717) is 17.7 Å². The molecule has 0 saturated carbocycles. The van der Waals surface area contributed by atoms with Gasteiger partial charge in [-0.2, -0.15) is 0 Å². The van der Waals surface area contributed by atoms with Gasteiger partial charge in [-0.1, -0.05) is 15.9 Å². The van der Waals surface area contributed by atoms with Crippen LogP contribution in [0.5, 0.6) is 5.75 Å². The summed E-state index contributed by atoms with van der Waals surface area (Å²) in [6.45, 7) is 1.90. The SMILES string of the molecule is COC(=O)c1ccc2c(c1)[C@H]1C[C@](C)(O2)N(c2ccc(Br)cc2)C(=O)N1. The Balaban J connectivity index is 1.75. The molecule has 2 aromatic carbocycles. The molecule has 2 aromatic rings. The number of esters is 1. The number of hydrogen-bond donors (Lipinski definition) is 1. The Morgan fingerprint density at radius 1 is 1.31 bits per heavy atom.